The van der Waals surface area contributed by atoms with Gasteiger partial charge in [0, 0.05) is 13.1 Å². The van der Waals surface area contributed by atoms with Gasteiger partial charge in [-0.2, -0.15) is 5.26 Å². The van der Waals surface area contributed by atoms with Gasteiger partial charge in [0.05, 0.1) is 19.6 Å². The third-order valence-corrected chi connectivity index (χ3v) is 1.52. The lowest BCUT2D eigenvalue weighted by molar-refractivity contribution is -0.158. The van der Waals surface area contributed by atoms with E-state index < -0.39 is 11.9 Å². The van der Waals surface area contributed by atoms with Gasteiger partial charge in [-0.25, -0.2) is 4.79 Å². The SMILES string of the molecule is CCN(CCC#N)C(=O)C(=O)OC. The van der Waals surface area contributed by atoms with Crippen molar-refractivity contribution in [1.29, 1.82) is 5.26 Å². The summed E-state index contributed by atoms with van der Waals surface area (Å²) in [6.45, 7) is 2.40. The van der Waals surface area contributed by atoms with Crippen LogP contribution in [0, 0.1) is 11.3 Å². The highest BCUT2D eigenvalue weighted by Gasteiger charge is 2.20. The fourth-order valence-electron chi connectivity index (χ4n) is 0.805. The highest BCUT2D eigenvalue weighted by atomic mass is 16.5. The van der Waals surface area contributed by atoms with Gasteiger partial charge in [-0.3, -0.25) is 4.79 Å². The number of rotatable bonds is 3. The minimum atomic E-state index is -0.889. The van der Waals surface area contributed by atoms with Crippen LogP contribution in [0.4, 0.5) is 0 Å². The molecule has 0 saturated carbocycles. The number of hydrogen-bond donors (Lipinski definition) is 0. The van der Waals surface area contributed by atoms with Crippen LogP contribution < -0.4 is 0 Å². The molecule has 0 N–H and O–H groups in total. The monoisotopic (exact) mass is 184 g/mol. The lowest BCUT2D eigenvalue weighted by atomic mass is 10.4. The van der Waals surface area contributed by atoms with E-state index in [4.69, 9.17) is 5.26 Å². The van der Waals surface area contributed by atoms with Crippen molar-refractivity contribution in [2.45, 2.75) is 13.3 Å². The summed E-state index contributed by atoms with van der Waals surface area (Å²) in [5, 5.41) is 8.28. The Morgan fingerprint density at radius 2 is 2.15 bits per heavy atom. The first-order valence-electron chi connectivity index (χ1n) is 3.91. The molecule has 72 valence electrons. The molecule has 0 fully saturated rings. The Kier molecular flexibility index (Phi) is 5.28. The van der Waals surface area contributed by atoms with Crippen LogP contribution >= 0.6 is 0 Å². The number of nitrogens with zero attached hydrogens (tertiary/aromatic N) is 2. The van der Waals surface area contributed by atoms with E-state index in [1.165, 1.54) is 4.90 Å². The zero-order valence-corrected chi connectivity index (χ0v) is 7.74. The maximum atomic E-state index is 11.2. The van der Waals surface area contributed by atoms with E-state index in [2.05, 4.69) is 4.74 Å². The molecule has 0 aliphatic carbocycles. The molecule has 5 nitrogen and oxygen atoms in total. The Balaban J connectivity index is 4.16. The van der Waals surface area contributed by atoms with E-state index in [0.29, 0.717) is 6.54 Å². The van der Waals surface area contributed by atoms with Gasteiger partial charge in [0.15, 0.2) is 0 Å². The van der Waals surface area contributed by atoms with Gasteiger partial charge in [-0.15, -0.1) is 0 Å². The van der Waals surface area contributed by atoms with Crippen molar-refractivity contribution in [3.63, 3.8) is 0 Å². The number of carbonyl (C=O) groups excluding carboxylic acids is 2. The van der Waals surface area contributed by atoms with Crippen molar-refractivity contribution in [2.24, 2.45) is 0 Å². The maximum absolute atomic E-state index is 11.2. The molecule has 0 bridgehead atoms. The number of likely N-dealkylation sites (N-methyl/N-ethyl adjacent to an activating group) is 1. The van der Waals surface area contributed by atoms with Gasteiger partial charge in [-0.1, -0.05) is 0 Å². The zero-order valence-electron chi connectivity index (χ0n) is 7.74. The first kappa shape index (κ1) is 11.4. The standard InChI is InChI=1S/C8H12N2O3/c1-3-10(6-4-5-9)7(11)8(12)13-2/h3-4,6H2,1-2H3. The molecule has 1 amide bonds. The number of carbonyl (C=O) groups is 2. The van der Waals surface area contributed by atoms with E-state index in [0.717, 1.165) is 7.11 Å². The summed E-state index contributed by atoms with van der Waals surface area (Å²) in [6, 6.07) is 1.90. The fourth-order valence-corrected chi connectivity index (χ4v) is 0.805. The summed E-state index contributed by atoms with van der Waals surface area (Å²) in [5.41, 5.74) is 0. The molecule has 0 aliphatic heterocycles. The molecular weight excluding hydrogens is 172 g/mol. The zero-order chi connectivity index (χ0) is 10.3. The summed E-state index contributed by atoms with van der Waals surface area (Å²) in [7, 11) is 1.15. The average Bonchev–Trinajstić information content (AvgIpc) is 2.17. The van der Waals surface area contributed by atoms with Gasteiger partial charge in [0.1, 0.15) is 0 Å². The fraction of sp³-hybridized carbons (Fsp3) is 0.625. The maximum Gasteiger partial charge on any atom is 0.396 e. The summed E-state index contributed by atoms with van der Waals surface area (Å²) >= 11 is 0. The number of ether oxygens (including phenoxy) is 1. The third kappa shape index (κ3) is 3.56. The number of nitriles is 1. The summed E-state index contributed by atoms with van der Waals surface area (Å²) in [6.07, 6.45) is 0.219. The minimum Gasteiger partial charge on any atom is -0.462 e. The Morgan fingerprint density at radius 3 is 2.54 bits per heavy atom. The van der Waals surface area contributed by atoms with Crippen LogP contribution in [-0.4, -0.2) is 37.0 Å². The van der Waals surface area contributed by atoms with E-state index in [1.807, 2.05) is 6.07 Å². The van der Waals surface area contributed by atoms with Crippen LogP contribution in [0.2, 0.25) is 0 Å². The number of hydrogen-bond acceptors (Lipinski definition) is 4. The summed E-state index contributed by atoms with van der Waals surface area (Å²) in [4.78, 5) is 23.2. The molecular formula is C8H12N2O3. The molecule has 0 atom stereocenters. The third-order valence-electron chi connectivity index (χ3n) is 1.52. The van der Waals surface area contributed by atoms with E-state index >= 15 is 0 Å². The molecule has 0 spiro atoms. The largest absolute Gasteiger partial charge is 0.462 e. The molecule has 0 aromatic rings. The number of amides is 1. The van der Waals surface area contributed by atoms with Crippen molar-refractivity contribution in [2.75, 3.05) is 20.2 Å². The van der Waals surface area contributed by atoms with Gasteiger partial charge in [0.25, 0.3) is 0 Å². The highest BCUT2D eigenvalue weighted by Crippen LogP contribution is 1.93. The van der Waals surface area contributed by atoms with Crippen LogP contribution in [0.25, 0.3) is 0 Å². The molecule has 0 radical (unpaired) electrons. The van der Waals surface area contributed by atoms with Crippen molar-refractivity contribution >= 4 is 11.9 Å². The predicted octanol–water partition coefficient (Wildman–Crippen LogP) is -0.0784. The van der Waals surface area contributed by atoms with Gasteiger partial charge >= 0.3 is 11.9 Å². The highest BCUT2D eigenvalue weighted by molar-refractivity contribution is 6.32. The van der Waals surface area contributed by atoms with Crippen LogP contribution in [-0.2, 0) is 14.3 Å². The van der Waals surface area contributed by atoms with Gasteiger partial charge in [-0.05, 0) is 6.92 Å². The lowest BCUT2D eigenvalue weighted by Gasteiger charge is -2.17. The molecule has 5 heteroatoms. The summed E-state index contributed by atoms with van der Waals surface area (Å²) < 4.78 is 4.26. The Bertz CT molecular complexity index is 232. The van der Waals surface area contributed by atoms with Crippen molar-refractivity contribution in [3.8, 4) is 6.07 Å². The molecule has 0 aromatic heterocycles. The van der Waals surface area contributed by atoms with Gasteiger partial charge in [0.2, 0.25) is 0 Å². The normalized spacial score (nSPS) is 8.69. The molecule has 13 heavy (non-hydrogen) atoms. The predicted molar refractivity (Wildman–Crippen MR) is 44.5 cm³/mol. The second-order valence-electron chi connectivity index (χ2n) is 2.28. The Hall–Kier alpha value is -1.57. The minimum absolute atomic E-state index is 0.219. The van der Waals surface area contributed by atoms with Crippen molar-refractivity contribution < 1.29 is 14.3 Å². The first-order valence-corrected chi connectivity index (χ1v) is 3.91. The topological polar surface area (TPSA) is 70.4 Å². The van der Waals surface area contributed by atoms with Crippen LogP contribution in [0.1, 0.15) is 13.3 Å². The average molecular weight is 184 g/mol. The van der Waals surface area contributed by atoms with E-state index in [1.54, 1.807) is 6.92 Å². The Morgan fingerprint density at radius 1 is 1.54 bits per heavy atom. The lowest BCUT2D eigenvalue weighted by Crippen LogP contribution is -2.37. The van der Waals surface area contributed by atoms with Crippen molar-refractivity contribution in [3.05, 3.63) is 0 Å². The molecule has 0 aliphatic rings. The molecule has 0 unspecified atom stereocenters. The Labute approximate surface area is 76.9 Å². The first-order chi connectivity index (χ1) is 6.17. The molecule has 0 heterocycles. The quantitative estimate of drug-likeness (QED) is 0.454. The number of methoxy groups -OCH3 is 1. The molecule has 0 rings (SSSR count). The second-order valence-corrected chi connectivity index (χ2v) is 2.28. The number of esters is 1. The summed E-state index contributed by atoms with van der Waals surface area (Å²) in [5.74, 6) is -1.58. The second kappa shape index (κ2) is 6.00. The van der Waals surface area contributed by atoms with Crippen LogP contribution in [0.15, 0.2) is 0 Å². The van der Waals surface area contributed by atoms with Crippen LogP contribution in [0.3, 0.4) is 0 Å². The van der Waals surface area contributed by atoms with Gasteiger partial charge < -0.3 is 9.64 Å². The molecule has 0 saturated heterocycles. The van der Waals surface area contributed by atoms with E-state index in [-0.39, 0.29) is 13.0 Å². The van der Waals surface area contributed by atoms with E-state index in [9.17, 15) is 9.59 Å². The smallest absolute Gasteiger partial charge is 0.396 e. The molecule has 0 aromatic carbocycles. The van der Waals surface area contributed by atoms with Crippen LogP contribution in [0.5, 0.6) is 0 Å². The van der Waals surface area contributed by atoms with Crippen molar-refractivity contribution in [1.82, 2.24) is 4.90 Å².